The molecule has 2 N–H and O–H groups in total. The van der Waals surface area contributed by atoms with Crippen molar-refractivity contribution < 1.29 is 14.3 Å². The normalized spacial score (nSPS) is 10.6. The van der Waals surface area contributed by atoms with E-state index in [1.54, 1.807) is 30.3 Å². The van der Waals surface area contributed by atoms with Gasteiger partial charge in [-0.1, -0.05) is 47.5 Å². The summed E-state index contributed by atoms with van der Waals surface area (Å²) in [4.78, 5) is 23.9. The number of hydrazone groups is 1. The molecule has 0 aliphatic rings. The largest absolute Gasteiger partial charge is 0.489 e. The number of benzene rings is 3. The van der Waals surface area contributed by atoms with E-state index in [1.165, 1.54) is 6.21 Å². The van der Waals surface area contributed by atoms with Gasteiger partial charge in [-0.3, -0.25) is 9.59 Å². The fourth-order valence-electron chi connectivity index (χ4n) is 2.51. The van der Waals surface area contributed by atoms with Crippen LogP contribution in [0.2, 0.25) is 10.0 Å². The number of carbonyl (C=O) groups is 2. The Morgan fingerprint density at radius 3 is 2.32 bits per heavy atom. The highest BCUT2D eigenvalue weighted by Gasteiger charge is 2.07. The number of nitrogens with one attached hydrogen (secondary N) is 2. The summed E-state index contributed by atoms with van der Waals surface area (Å²) in [5.41, 5.74) is 4.53. The number of nitrogens with zero attached hydrogens (tertiary/aromatic N) is 1. The van der Waals surface area contributed by atoms with E-state index in [-0.39, 0.29) is 12.5 Å². The molecule has 3 aromatic rings. The lowest BCUT2D eigenvalue weighted by Crippen LogP contribution is -2.34. The maximum Gasteiger partial charge on any atom is 0.259 e. The van der Waals surface area contributed by atoms with Crippen LogP contribution < -0.4 is 15.5 Å². The molecule has 2 amide bonds. The molecule has 0 heterocycles. The molecule has 0 unspecified atom stereocenters. The lowest BCUT2D eigenvalue weighted by Gasteiger charge is -2.07. The number of amides is 2. The van der Waals surface area contributed by atoms with Gasteiger partial charge in [0, 0.05) is 15.6 Å². The summed E-state index contributed by atoms with van der Waals surface area (Å²) in [6, 6.07) is 21.1. The highest BCUT2D eigenvalue weighted by Crippen LogP contribution is 2.16. The van der Waals surface area contributed by atoms with Crippen molar-refractivity contribution in [3.63, 3.8) is 0 Å². The highest BCUT2D eigenvalue weighted by atomic mass is 35.5. The lowest BCUT2D eigenvalue weighted by atomic mass is 10.2. The highest BCUT2D eigenvalue weighted by molar-refractivity contribution is 6.30. The van der Waals surface area contributed by atoms with Gasteiger partial charge in [-0.15, -0.1) is 0 Å². The molecule has 8 heteroatoms. The Labute approximate surface area is 189 Å². The van der Waals surface area contributed by atoms with Crippen LogP contribution in [-0.4, -0.2) is 24.6 Å². The first kappa shape index (κ1) is 22.3. The maximum atomic E-state index is 12.0. The van der Waals surface area contributed by atoms with Crippen molar-refractivity contribution in [1.82, 2.24) is 10.7 Å². The quantitative estimate of drug-likeness (QED) is 0.388. The zero-order valence-corrected chi connectivity index (χ0v) is 17.9. The molecule has 0 saturated carbocycles. The molecule has 3 aromatic carbocycles. The van der Waals surface area contributed by atoms with Crippen molar-refractivity contribution in [2.45, 2.75) is 6.61 Å². The van der Waals surface area contributed by atoms with Crippen LogP contribution in [0.5, 0.6) is 5.75 Å². The number of halogens is 2. The molecule has 3 rings (SSSR count). The summed E-state index contributed by atoms with van der Waals surface area (Å²) >= 11 is 11.7. The minimum absolute atomic E-state index is 0.205. The average Bonchev–Trinajstić information content (AvgIpc) is 2.78. The number of ether oxygens (including phenoxy) is 1. The van der Waals surface area contributed by atoms with Gasteiger partial charge in [0.15, 0.2) is 0 Å². The van der Waals surface area contributed by atoms with Crippen molar-refractivity contribution in [2.24, 2.45) is 5.10 Å². The van der Waals surface area contributed by atoms with Crippen LogP contribution in [0.3, 0.4) is 0 Å². The van der Waals surface area contributed by atoms with Crippen LogP contribution in [0.1, 0.15) is 21.5 Å². The van der Waals surface area contributed by atoms with E-state index in [0.29, 0.717) is 28.0 Å². The second-order valence-electron chi connectivity index (χ2n) is 6.47. The standard InChI is InChI=1S/C23H19Cl2N3O3/c24-19-8-4-16(5-9-19)15-31-21-3-1-2-17(12-21)13-27-28-22(29)14-26-23(30)18-6-10-20(25)11-7-18/h1-13H,14-15H2,(H,26,30)(H,28,29)/b27-13+. The van der Waals surface area contributed by atoms with E-state index in [4.69, 9.17) is 27.9 Å². The van der Waals surface area contributed by atoms with Crippen LogP contribution in [0.4, 0.5) is 0 Å². The molecular weight excluding hydrogens is 437 g/mol. The Bertz CT molecular complexity index is 1070. The summed E-state index contributed by atoms with van der Waals surface area (Å²) in [6.45, 7) is 0.199. The average molecular weight is 456 g/mol. The predicted octanol–water partition coefficient (Wildman–Crippen LogP) is 4.45. The summed E-state index contributed by atoms with van der Waals surface area (Å²) in [5, 5.41) is 7.63. The molecular formula is C23H19Cl2N3O3. The van der Waals surface area contributed by atoms with E-state index < -0.39 is 5.91 Å². The second kappa shape index (κ2) is 11.2. The number of carbonyl (C=O) groups excluding carboxylic acids is 2. The fraction of sp³-hybridized carbons (Fsp3) is 0.0870. The van der Waals surface area contributed by atoms with Crippen molar-refractivity contribution in [1.29, 1.82) is 0 Å². The lowest BCUT2D eigenvalue weighted by molar-refractivity contribution is -0.120. The van der Waals surface area contributed by atoms with Gasteiger partial charge < -0.3 is 10.1 Å². The van der Waals surface area contributed by atoms with Gasteiger partial charge in [-0.25, -0.2) is 5.43 Å². The van der Waals surface area contributed by atoms with Gasteiger partial charge in [0.25, 0.3) is 11.8 Å². The van der Waals surface area contributed by atoms with Crippen molar-refractivity contribution in [3.05, 3.63) is 99.5 Å². The molecule has 0 bridgehead atoms. The molecule has 6 nitrogen and oxygen atoms in total. The molecule has 158 valence electrons. The second-order valence-corrected chi connectivity index (χ2v) is 7.34. The van der Waals surface area contributed by atoms with Crippen molar-refractivity contribution >= 4 is 41.2 Å². The van der Waals surface area contributed by atoms with Crippen LogP contribution in [-0.2, 0) is 11.4 Å². The zero-order valence-electron chi connectivity index (χ0n) is 16.3. The van der Waals surface area contributed by atoms with Gasteiger partial charge >= 0.3 is 0 Å². The molecule has 0 radical (unpaired) electrons. The van der Waals surface area contributed by atoms with Crippen LogP contribution in [0.15, 0.2) is 77.9 Å². The maximum absolute atomic E-state index is 12.0. The molecule has 0 fully saturated rings. The molecule has 0 aromatic heterocycles. The summed E-state index contributed by atoms with van der Waals surface area (Å²) in [7, 11) is 0. The molecule has 0 atom stereocenters. The third kappa shape index (κ3) is 7.44. The molecule has 0 aliphatic heterocycles. The van der Waals surface area contributed by atoms with Crippen LogP contribution in [0, 0.1) is 0 Å². The Hall–Kier alpha value is -3.35. The Morgan fingerprint density at radius 2 is 1.61 bits per heavy atom. The first-order valence-electron chi connectivity index (χ1n) is 9.32. The molecule has 31 heavy (non-hydrogen) atoms. The van der Waals surface area contributed by atoms with E-state index in [0.717, 1.165) is 11.1 Å². The third-order valence-corrected chi connectivity index (χ3v) is 4.60. The first-order valence-corrected chi connectivity index (χ1v) is 10.1. The van der Waals surface area contributed by atoms with Crippen molar-refractivity contribution in [3.8, 4) is 5.75 Å². The summed E-state index contributed by atoms with van der Waals surface area (Å²) < 4.78 is 5.77. The van der Waals surface area contributed by atoms with Crippen LogP contribution >= 0.6 is 23.2 Å². The third-order valence-electron chi connectivity index (χ3n) is 4.10. The summed E-state index contributed by atoms with van der Waals surface area (Å²) in [6.07, 6.45) is 1.49. The molecule has 0 aliphatic carbocycles. The van der Waals surface area contributed by atoms with Crippen molar-refractivity contribution in [2.75, 3.05) is 6.54 Å². The summed E-state index contributed by atoms with van der Waals surface area (Å²) in [5.74, 6) is -0.157. The Balaban J connectivity index is 1.45. The minimum atomic E-state index is -0.450. The van der Waals surface area contributed by atoms with E-state index in [9.17, 15) is 9.59 Å². The van der Waals surface area contributed by atoms with Gasteiger partial charge in [-0.05, 0) is 59.7 Å². The van der Waals surface area contributed by atoms with E-state index >= 15 is 0 Å². The topological polar surface area (TPSA) is 79.8 Å². The zero-order chi connectivity index (χ0) is 22.1. The van der Waals surface area contributed by atoms with Gasteiger partial charge in [0.2, 0.25) is 0 Å². The van der Waals surface area contributed by atoms with E-state index in [1.807, 2.05) is 42.5 Å². The van der Waals surface area contributed by atoms with Gasteiger partial charge in [0.1, 0.15) is 12.4 Å². The van der Waals surface area contributed by atoms with Gasteiger partial charge in [0.05, 0.1) is 12.8 Å². The molecule has 0 saturated heterocycles. The molecule has 0 spiro atoms. The van der Waals surface area contributed by atoms with E-state index in [2.05, 4.69) is 15.8 Å². The van der Waals surface area contributed by atoms with Gasteiger partial charge in [-0.2, -0.15) is 5.10 Å². The monoisotopic (exact) mass is 455 g/mol. The number of hydrogen-bond acceptors (Lipinski definition) is 4. The first-order chi connectivity index (χ1) is 15.0. The van der Waals surface area contributed by atoms with Crippen LogP contribution in [0.25, 0.3) is 0 Å². The Kier molecular flexibility index (Phi) is 8.04. The number of rotatable bonds is 8. The smallest absolute Gasteiger partial charge is 0.259 e. The fourth-order valence-corrected chi connectivity index (χ4v) is 2.77. The SMILES string of the molecule is O=C(CNC(=O)c1ccc(Cl)cc1)N/N=C/c1cccc(OCc2ccc(Cl)cc2)c1. The Morgan fingerprint density at radius 1 is 0.935 bits per heavy atom. The number of hydrogen-bond donors (Lipinski definition) is 2. The minimum Gasteiger partial charge on any atom is -0.489 e. The predicted molar refractivity (Wildman–Crippen MR) is 122 cm³/mol.